The number of carbonyl (C=O) groups is 2. The van der Waals surface area contributed by atoms with Crippen LogP contribution in [0.3, 0.4) is 0 Å². The standard InChI is InChI=1S/C19H15BrN2O4/c1-12(19(24)25)26-17-8-7-14(20)9-16(17)18(23)13-10-21-22(11-13)15-5-3-2-4-6-15/h2-12H,1H3,(H,24,25). The van der Waals surface area contributed by atoms with Crippen LogP contribution in [0.15, 0.2) is 65.4 Å². The second-order valence-corrected chi connectivity index (χ2v) is 6.49. The van der Waals surface area contributed by atoms with Gasteiger partial charge in [0.05, 0.1) is 23.0 Å². The van der Waals surface area contributed by atoms with E-state index in [0.29, 0.717) is 10.0 Å². The largest absolute Gasteiger partial charge is 0.479 e. The Labute approximate surface area is 158 Å². The van der Waals surface area contributed by atoms with Crippen molar-refractivity contribution in [3.63, 3.8) is 0 Å². The molecule has 2 aromatic carbocycles. The van der Waals surface area contributed by atoms with Crippen molar-refractivity contribution < 1.29 is 19.4 Å². The predicted molar refractivity (Wildman–Crippen MR) is 98.9 cm³/mol. The molecule has 26 heavy (non-hydrogen) atoms. The summed E-state index contributed by atoms with van der Waals surface area (Å²) in [6.45, 7) is 1.41. The summed E-state index contributed by atoms with van der Waals surface area (Å²) in [5.41, 5.74) is 1.47. The molecule has 0 saturated heterocycles. The molecular formula is C19H15BrN2O4. The maximum Gasteiger partial charge on any atom is 0.344 e. The first kappa shape index (κ1) is 17.9. The lowest BCUT2D eigenvalue weighted by Gasteiger charge is -2.14. The molecule has 0 aliphatic rings. The molecule has 7 heteroatoms. The molecule has 0 amide bonds. The first-order valence-corrected chi connectivity index (χ1v) is 8.59. The molecule has 0 saturated carbocycles. The number of hydrogen-bond donors (Lipinski definition) is 1. The number of rotatable bonds is 6. The number of nitrogens with zero attached hydrogens (tertiary/aromatic N) is 2. The fourth-order valence-electron chi connectivity index (χ4n) is 2.34. The lowest BCUT2D eigenvalue weighted by atomic mass is 10.1. The summed E-state index contributed by atoms with van der Waals surface area (Å²) in [6, 6.07) is 14.3. The highest BCUT2D eigenvalue weighted by atomic mass is 79.9. The second-order valence-electron chi connectivity index (χ2n) is 5.58. The van der Waals surface area contributed by atoms with Gasteiger partial charge in [0.25, 0.3) is 0 Å². The average Bonchev–Trinajstić information content (AvgIpc) is 3.13. The quantitative estimate of drug-likeness (QED) is 0.621. The van der Waals surface area contributed by atoms with E-state index in [1.165, 1.54) is 13.1 Å². The van der Waals surface area contributed by atoms with Gasteiger partial charge in [-0.2, -0.15) is 5.10 Å². The molecular weight excluding hydrogens is 400 g/mol. The van der Waals surface area contributed by atoms with Crippen molar-refractivity contribution in [3.05, 3.63) is 76.5 Å². The molecule has 0 fully saturated rings. The van der Waals surface area contributed by atoms with Crippen molar-refractivity contribution in [1.29, 1.82) is 0 Å². The Kier molecular flexibility index (Phi) is 5.18. The van der Waals surface area contributed by atoms with Gasteiger partial charge in [-0.25, -0.2) is 9.48 Å². The number of ether oxygens (including phenoxy) is 1. The van der Waals surface area contributed by atoms with Crippen molar-refractivity contribution in [2.75, 3.05) is 0 Å². The summed E-state index contributed by atoms with van der Waals surface area (Å²) < 4.78 is 7.72. The van der Waals surface area contributed by atoms with Gasteiger partial charge in [-0.3, -0.25) is 4.79 Å². The van der Waals surface area contributed by atoms with E-state index in [1.54, 1.807) is 29.1 Å². The summed E-state index contributed by atoms with van der Waals surface area (Å²) in [5.74, 6) is -1.20. The van der Waals surface area contributed by atoms with Crippen LogP contribution >= 0.6 is 15.9 Å². The highest BCUT2D eigenvalue weighted by molar-refractivity contribution is 9.10. The number of ketones is 1. The Balaban J connectivity index is 1.94. The van der Waals surface area contributed by atoms with Crippen molar-refractivity contribution >= 4 is 27.7 Å². The number of hydrogen-bond acceptors (Lipinski definition) is 4. The van der Waals surface area contributed by atoms with Crippen LogP contribution in [0, 0.1) is 0 Å². The summed E-state index contributed by atoms with van der Waals surface area (Å²) in [5, 5.41) is 13.3. The lowest BCUT2D eigenvalue weighted by molar-refractivity contribution is -0.144. The van der Waals surface area contributed by atoms with E-state index in [2.05, 4.69) is 21.0 Å². The van der Waals surface area contributed by atoms with Gasteiger partial charge in [0.2, 0.25) is 0 Å². The minimum absolute atomic E-state index is 0.209. The second kappa shape index (κ2) is 7.53. The van der Waals surface area contributed by atoms with Crippen molar-refractivity contribution in [1.82, 2.24) is 9.78 Å². The molecule has 0 aliphatic carbocycles. The van der Waals surface area contributed by atoms with E-state index in [4.69, 9.17) is 9.84 Å². The zero-order valence-corrected chi connectivity index (χ0v) is 15.4. The van der Waals surface area contributed by atoms with Gasteiger partial charge in [0.1, 0.15) is 5.75 Å². The van der Waals surface area contributed by atoms with Crippen LogP contribution in [-0.2, 0) is 4.79 Å². The molecule has 1 aromatic heterocycles. The molecule has 0 aliphatic heterocycles. The van der Waals surface area contributed by atoms with Gasteiger partial charge in [-0.15, -0.1) is 0 Å². The third kappa shape index (κ3) is 3.83. The minimum atomic E-state index is -1.11. The zero-order valence-electron chi connectivity index (χ0n) is 13.8. The zero-order chi connectivity index (χ0) is 18.7. The molecule has 132 valence electrons. The third-order valence-corrected chi connectivity index (χ3v) is 4.20. The van der Waals surface area contributed by atoms with E-state index < -0.39 is 12.1 Å². The number of carboxylic acid groups (broad SMARTS) is 1. The van der Waals surface area contributed by atoms with E-state index in [1.807, 2.05) is 30.3 Å². The normalized spacial score (nSPS) is 11.8. The van der Waals surface area contributed by atoms with Gasteiger partial charge in [0, 0.05) is 10.7 Å². The van der Waals surface area contributed by atoms with Crippen LogP contribution in [0.2, 0.25) is 0 Å². The number of halogens is 1. The molecule has 6 nitrogen and oxygen atoms in total. The van der Waals surface area contributed by atoms with Crippen molar-refractivity contribution in [2.24, 2.45) is 0 Å². The topological polar surface area (TPSA) is 81.4 Å². The average molecular weight is 415 g/mol. The molecule has 0 bridgehead atoms. The summed E-state index contributed by atoms with van der Waals surface area (Å²) >= 11 is 3.33. The van der Waals surface area contributed by atoms with Crippen LogP contribution in [0.4, 0.5) is 0 Å². The van der Waals surface area contributed by atoms with E-state index >= 15 is 0 Å². The number of carbonyl (C=O) groups excluding carboxylic acids is 1. The molecule has 1 atom stereocenters. The van der Waals surface area contributed by atoms with Crippen molar-refractivity contribution in [2.45, 2.75) is 13.0 Å². The highest BCUT2D eigenvalue weighted by Crippen LogP contribution is 2.27. The smallest absolute Gasteiger partial charge is 0.344 e. The Morgan fingerprint density at radius 1 is 1.19 bits per heavy atom. The number of benzene rings is 2. The molecule has 1 N–H and O–H groups in total. The SMILES string of the molecule is CC(Oc1ccc(Br)cc1C(=O)c1cnn(-c2ccccc2)c1)C(=O)O. The third-order valence-electron chi connectivity index (χ3n) is 3.70. The predicted octanol–water partition coefficient (Wildman–Crippen LogP) is 3.72. The lowest BCUT2D eigenvalue weighted by Crippen LogP contribution is -2.23. The van der Waals surface area contributed by atoms with Crippen LogP contribution in [0.5, 0.6) is 5.75 Å². The molecule has 0 radical (unpaired) electrons. The first-order chi connectivity index (χ1) is 12.5. The van der Waals surface area contributed by atoms with E-state index in [-0.39, 0.29) is 17.1 Å². The number of aromatic nitrogens is 2. The summed E-state index contributed by atoms with van der Waals surface area (Å²) in [6.07, 6.45) is 2.03. The fraction of sp³-hybridized carbons (Fsp3) is 0.105. The maximum atomic E-state index is 12.9. The molecule has 1 heterocycles. The monoisotopic (exact) mass is 414 g/mol. The summed E-state index contributed by atoms with van der Waals surface area (Å²) in [4.78, 5) is 24.0. The molecule has 0 spiro atoms. The number of carboxylic acids is 1. The van der Waals surface area contributed by atoms with Crippen LogP contribution in [-0.4, -0.2) is 32.7 Å². The first-order valence-electron chi connectivity index (χ1n) is 7.79. The van der Waals surface area contributed by atoms with Gasteiger partial charge in [0.15, 0.2) is 11.9 Å². The van der Waals surface area contributed by atoms with Gasteiger partial charge < -0.3 is 9.84 Å². The van der Waals surface area contributed by atoms with Gasteiger partial charge >= 0.3 is 5.97 Å². The Hall–Kier alpha value is -2.93. The van der Waals surface area contributed by atoms with Gasteiger partial charge in [-0.05, 0) is 37.3 Å². The van der Waals surface area contributed by atoms with E-state index in [0.717, 1.165) is 5.69 Å². The highest BCUT2D eigenvalue weighted by Gasteiger charge is 2.21. The summed E-state index contributed by atoms with van der Waals surface area (Å²) in [7, 11) is 0. The Morgan fingerprint density at radius 2 is 1.92 bits per heavy atom. The van der Waals surface area contributed by atoms with Crippen LogP contribution in [0.1, 0.15) is 22.8 Å². The maximum absolute atomic E-state index is 12.9. The van der Waals surface area contributed by atoms with Crippen LogP contribution in [0.25, 0.3) is 5.69 Å². The molecule has 3 rings (SSSR count). The number of aliphatic carboxylic acids is 1. The minimum Gasteiger partial charge on any atom is -0.479 e. The van der Waals surface area contributed by atoms with Crippen LogP contribution < -0.4 is 4.74 Å². The molecule has 1 unspecified atom stereocenters. The Morgan fingerprint density at radius 3 is 2.62 bits per heavy atom. The van der Waals surface area contributed by atoms with Crippen molar-refractivity contribution in [3.8, 4) is 11.4 Å². The number of para-hydroxylation sites is 1. The van der Waals surface area contributed by atoms with Gasteiger partial charge in [-0.1, -0.05) is 34.1 Å². The fourth-order valence-corrected chi connectivity index (χ4v) is 2.70. The Bertz CT molecular complexity index is 953. The van der Waals surface area contributed by atoms with E-state index in [9.17, 15) is 9.59 Å². The molecule has 3 aromatic rings.